The topological polar surface area (TPSA) is 26.3 Å². The van der Waals surface area contributed by atoms with Gasteiger partial charge in [-0.2, -0.15) is 0 Å². The molecule has 3 fully saturated rings. The van der Waals surface area contributed by atoms with E-state index in [9.17, 15) is 4.79 Å². The van der Waals surface area contributed by atoms with E-state index in [1.165, 1.54) is 37.7 Å². The molecule has 4 aliphatic rings. The Bertz CT molecular complexity index is 727. The molecule has 2 nitrogen and oxygen atoms in total. The van der Waals surface area contributed by atoms with Gasteiger partial charge in [-0.25, -0.2) is 0 Å². The Labute approximate surface area is 173 Å². The molecule has 0 aromatic heterocycles. The molecule has 0 bridgehead atoms. The molecule has 4 aliphatic carbocycles. The molecule has 0 spiro atoms. The summed E-state index contributed by atoms with van der Waals surface area (Å²) in [5.74, 6) is 2.45. The molecule has 0 radical (unpaired) electrons. The standard InChI is InChI=1S/C25H40O2Si/c1-23(2,3)28(6,7)27-22-11-10-20-19-9-8-17-16-18(26)12-14-24(17,4)21(19)13-15-25(20,22)5/h12,14,16,19-22H,8-11,13,15H2,1-7H3/t19-,20-,21-,22-,24-,25-/m0/s1. The average Bonchev–Trinajstić information content (AvgIpc) is 2.91. The fourth-order valence-electron chi connectivity index (χ4n) is 6.88. The minimum atomic E-state index is -1.75. The summed E-state index contributed by atoms with van der Waals surface area (Å²) in [4.78, 5) is 11.9. The summed E-state index contributed by atoms with van der Waals surface area (Å²) in [6.07, 6.45) is 14.0. The van der Waals surface area contributed by atoms with Gasteiger partial charge in [-0.05, 0) is 92.0 Å². The van der Waals surface area contributed by atoms with Crippen LogP contribution in [-0.2, 0) is 9.22 Å². The summed E-state index contributed by atoms with van der Waals surface area (Å²) < 4.78 is 7.03. The lowest BCUT2D eigenvalue weighted by Crippen LogP contribution is -2.53. The van der Waals surface area contributed by atoms with Crippen LogP contribution >= 0.6 is 0 Å². The van der Waals surface area contributed by atoms with E-state index in [0.717, 1.165) is 18.3 Å². The van der Waals surface area contributed by atoms with Gasteiger partial charge < -0.3 is 4.43 Å². The zero-order chi connectivity index (χ0) is 20.5. The van der Waals surface area contributed by atoms with Gasteiger partial charge in [-0.3, -0.25) is 4.79 Å². The molecule has 0 saturated heterocycles. The largest absolute Gasteiger partial charge is 0.413 e. The number of ketones is 1. The van der Waals surface area contributed by atoms with E-state index in [-0.39, 0.29) is 16.2 Å². The Morgan fingerprint density at radius 1 is 1.07 bits per heavy atom. The lowest BCUT2D eigenvalue weighted by atomic mass is 9.48. The fourth-order valence-corrected chi connectivity index (χ4v) is 8.33. The van der Waals surface area contributed by atoms with Crippen LogP contribution in [0.4, 0.5) is 0 Å². The molecule has 156 valence electrons. The lowest BCUT2D eigenvalue weighted by Gasteiger charge is -2.57. The number of carbonyl (C=O) groups is 1. The minimum absolute atomic E-state index is 0.108. The van der Waals surface area contributed by atoms with E-state index < -0.39 is 8.32 Å². The van der Waals surface area contributed by atoms with Crippen LogP contribution in [0, 0.1) is 28.6 Å². The Balaban J connectivity index is 1.58. The van der Waals surface area contributed by atoms with E-state index in [4.69, 9.17) is 4.43 Å². The van der Waals surface area contributed by atoms with Gasteiger partial charge in [0.25, 0.3) is 0 Å². The molecule has 0 amide bonds. The maximum atomic E-state index is 11.9. The van der Waals surface area contributed by atoms with Crippen LogP contribution in [0.1, 0.15) is 73.1 Å². The van der Waals surface area contributed by atoms with E-state index in [0.29, 0.717) is 17.4 Å². The van der Waals surface area contributed by atoms with Crippen molar-refractivity contribution >= 4 is 14.1 Å². The number of hydrogen-bond donors (Lipinski definition) is 0. The van der Waals surface area contributed by atoms with Crippen molar-refractivity contribution in [3.8, 4) is 0 Å². The molecule has 0 aromatic rings. The Kier molecular flexibility index (Phi) is 4.71. The first kappa shape index (κ1) is 20.6. The van der Waals surface area contributed by atoms with Gasteiger partial charge >= 0.3 is 0 Å². The smallest absolute Gasteiger partial charge is 0.192 e. The molecule has 3 heteroatoms. The molecule has 4 rings (SSSR count). The highest BCUT2D eigenvalue weighted by molar-refractivity contribution is 6.74. The summed E-state index contributed by atoms with van der Waals surface area (Å²) in [6, 6.07) is 0. The van der Waals surface area contributed by atoms with Gasteiger partial charge in [0, 0.05) is 5.41 Å². The number of hydrogen-bond acceptors (Lipinski definition) is 2. The summed E-state index contributed by atoms with van der Waals surface area (Å²) in [6.45, 7) is 16.9. The first-order valence-corrected chi connectivity index (χ1v) is 14.4. The molecule has 0 N–H and O–H groups in total. The predicted octanol–water partition coefficient (Wildman–Crippen LogP) is 6.68. The van der Waals surface area contributed by atoms with Gasteiger partial charge in [-0.1, -0.05) is 46.3 Å². The number of carbonyl (C=O) groups excluding carboxylic acids is 1. The maximum absolute atomic E-state index is 11.9. The molecule has 0 aliphatic heterocycles. The molecule has 3 saturated carbocycles. The molecule has 0 heterocycles. The first-order chi connectivity index (χ1) is 12.9. The monoisotopic (exact) mass is 400 g/mol. The fraction of sp³-hybridized carbons (Fsp3) is 0.800. The molecular weight excluding hydrogens is 360 g/mol. The zero-order valence-corrected chi connectivity index (χ0v) is 20.1. The van der Waals surface area contributed by atoms with Crippen molar-refractivity contribution < 1.29 is 9.22 Å². The first-order valence-electron chi connectivity index (χ1n) is 11.5. The highest BCUT2D eigenvalue weighted by Crippen LogP contribution is 2.65. The van der Waals surface area contributed by atoms with Gasteiger partial charge in [-0.15, -0.1) is 0 Å². The van der Waals surface area contributed by atoms with Crippen LogP contribution in [-0.4, -0.2) is 20.2 Å². The predicted molar refractivity (Wildman–Crippen MR) is 119 cm³/mol. The van der Waals surface area contributed by atoms with E-state index >= 15 is 0 Å². The van der Waals surface area contributed by atoms with Crippen LogP contribution in [0.2, 0.25) is 18.1 Å². The molecule has 0 aromatic carbocycles. The molecular formula is C25H40O2Si. The van der Waals surface area contributed by atoms with Crippen LogP contribution in [0.15, 0.2) is 23.8 Å². The maximum Gasteiger partial charge on any atom is 0.192 e. The quantitative estimate of drug-likeness (QED) is 0.483. The Morgan fingerprint density at radius 2 is 1.79 bits per heavy atom. The molecule has 6 atom stereocenters. The van der Waals surface area contributed by atoms with Crippen molar-refractivity contribution in [3.05, 3.63) is 23.8 Å². The van der Waals surface area contributed by atoms with Gasteiger partial charge in [0.1, 0.15) is 0 Å². The van der Waals surface area contributed by atoms with Gasteiger partial charge in [0.15, 0.2) is 14.1 Å². The number of rotatable bonds is 2. The van der Waals surface area contributed by atoms with E-state index in [2.05, 4.69) is 53.8 Å². The van der Waals surface area contributed by atoms with Crippen LogP contribution in [0.25, 0.3) is 0 Å². The Hall–Kier alpha value is -0.673. The normalized spacial score (nSPS) is 43.2. The molecule has 28 heavy (non-hydrogen) atoms. The second kappa shape index (κ2) is 6.41. The summed E-state index contributed by atoms with van der Waals surface area (Å²) in [5, 5.41) is 0.274. The van der Waals surface area contributed by atoms with Gasteiger partial charge in [0.05, 0.1) is 6.10 Å². The van der Waals surface area contributed by atoms with Crippen molar-refractivity contribution in [1.82, 2.24) is 0 Å². The van der Waals surface area contributed by atoms with E-state index in [1.807, 2.05) is 12.2 Å². The third-order valence-electron chi connectivity index (χ3n) is 9.71. The van der Waals surface area contributed by atoms with E-state index in [1.54, 1.807) is 0 Å². The van der Waals surface area contributed by atoms with Crippen molar-refractivity contribution in [2.75, 3.05) is 0 Å². The minimum Gasteiger partial charge on any atom is -0.413 e. The highest BCUT2D eigenvalue weighted by Gasteiger charge is 2.59. The Morgan fingerprint density at radius 3 is 2.46 bits per heavy atom. The number of allylic oxidation sites excluding steroid dienone is 4. The van der Waals surface area contributed by atoms with Gasteiger partial charge in [0.2, 0.25) is 0 Å². The lowest BCUT2D eigenvalue weighted by molar-refractivity contribution is -0.111. The molecule has 0 unspecified atom stereocenters. The van der Waals surface area contributed by atoms with Crippen LogP contribution in [0.5, 0.6) is 0 Å². The second-order valence-corrected chi connectivity index (χ2v) is 16.8. The SMILES string of the molecule is CC(C)(C)[Si](C)(C)O[C@H]1CC[C@H]2[C@@H]3CCC4=CC(=O)C=C[C@]4(C)[C@H]3CC[C@]12C. The summed E-state index contributed by atoms with van der Waals surface area (Å²) >= 11 is 0. The highest BCUT2D eigenvalue weighted by atomic mass is 28.4. The summed E-state index contributed by atoms with van der Waals surface area (Å²) in [7, 11) is -1.75. The average molecular weight is 401 g/mol. The zero-order valence-electron chi connectivity index (χ0n) is 19.1. The second-order valence-electron chi connectivity index (χ2n) is 12.1. The third kappa shape index (κ3) is 2.95. The van der Waals surface area contributed by atoms with Crippen LogP contribution in [0.3, 0.4) is 0 Å². The third-order valence-corrected chi connectivity index (χ3v) is 14.2. The van der Waals surface area contributed by atoms with Crippen molar-refractivity contribution in [1.29, 1.82) is 0 Å². The van der Waals surface area contributed by atoms with Crippen molar-refractivity contribution in [2.45, 2.75) is 97.4 Å². The van der Waals surface area contributed by atoms with Crippen molar-refractivity contribution in [3.63, 3.8) is 0 Å². The summed E-state index contributed by atoms with van der Waals surface area (Å²) in [5.41, 5.74) is 1.84. The van der Waals surface area contributed by atoms with Crippen molar-refractivity contribution in [2.24, 2.45) is 28.6 Å². The van der Waals surface area contributed by atoms with Crippen LogP contribution < -0.4 is 0 Å². The number of fused-ring (bicyclic) bond motifs is 5.